The van der Waals surface area contributed by atoms with Crippen LogP contribution in [-0.4, -0.2) is 61.9 Å². The molecule has 2 amide bonds. The maximum absolute atomic E-state index is 12.5. The van der Waals surface area contributed by atoms with Gasteiger partial charge in [0.1, 0.15) is 0 Å². The number of nitrogens with zero attached hydrogens (tertiary/aromatic N) is 2. The molecule has 1 aliphatic heterocycles. The number of likely N-dealkylation sites (N-methyl/N-ethyl adjacent to an activating group) is 1. The Labute approximate surface area is 186 Å². The highest BCUT2D eigenvalue weighted by Gasteiger charge is 2.16. The van der Waals surface area contributed by atoms with Gasteiger partial charge in [-0.15, -0.1) is 11.8 Å². The summed E-state index contributed by atoms with van der Waals surface area (Å²) in [5.74, 6) is -0.00661. The third-order valence-electron chi connectivity index (χ3n) is 4.77. The van der Waals surface area contributed by atoms with E-state index in [1.54, 1.807) is 17.0 Å². The summed E-state index contributed by atoms with van der Waals surface area (Å²) in [6.45, 7) is 5.58. The molecular weight excluding hydrogens is 422 g/mol. The summed E-state index contributed by atoms with van der Waals surface area (Å²) in [4.78, 5) is 29.7. The molecular formula is C22H26ClN3O3S. The van der Waals surface area contributed by atoms with Gasteiger partial charge in [0.15, 0.2) is 0 Å². The van der Waals surface area contributed by atoms with Crippen LogP contribution < -0.4 is 10.2 Å². The van der Waals surface area contributed by atoms with Crippen molar-refractivity contribution in [2.45, 2.75) is 11.8 Å². The molecule has 30 heavy (non-hydrogen) atoms. The normalized spacial score (nSPS) is 13.7. The van der Waals surface area contributed by atoms with Gasteiger partial charge in [-0.3, -0.25) is 9.59 Å². The van der Waals surface area contributed by atoms with Crippen molar-refractivity contribution in [3.8, 4) is 0 Å². The van der Waals surface area contributed by atoms with E-state index in [2.05, 4.69) is 10.2 Å². The minimum atomic E-state index is -0.208. The van der Waals surface area contributed by atoms with Crippen LogP contribution in [0.3, 0.4) is 0 Å². The van der Waals surface area contributed by atoms with E-state index < -0.39 is 0 Å². The topological polar surface area (TPSA) is 61.9 Å². The number of thioether (sulfide) groups is 1. The second-order valence-electron chi connectivity index (χ2n) is 6.84. The minimum Gasteiger partial charge on any atom is -0.378 e. The molecule has 3 rings (SSSR count). The van der Waals surface area contributed by atoms with Crippen LogP contribution in [0.25, 0.3) is 0 Å². The number of ether oxygens (including phenoxy) is 1. The zero-order valence-corrected chi connectivity index (χ0v) is 18.5. The largest absolute Gasteiger partial charge is 0.378 e. The third-order valence-corrected chi connectivity index (χ3v) is 6.02. The van der Waals surface area contributed by atoms with Crippen molar-refractivity contribution in [2.75, 3.05) is 55.4 Å². The molecule has 0 saturated carbocycles. The second-order valence-corrected chi connectivity index (χ2v) is 8.33. The Kier molecular flexibility index (Phi) is 8.42. The van der Waals surface area contributed by atoms with Crippen LogP contribution in [-0.2, 0) is 14.3 Å². The van der Waals surface area contributed by atoms with E-state index >= 15 is 0 Å². The summed E-state index contributed by atoms with van der Waals surface area (Å²) in [5, 5.41) is 3.54. The Morgan fingerprint density at radius 3 is 2.40 bits per heavy atom. The smallest absolute Gasteiger partial charge is 0.243 e. The molecule has 1 N–H and O–H groups in total. The molecule has 2 aromatic rings. The first kappa shape index (κ1) is 22.5. The molecule has 0 spiro atoms. The van der Waals surface area contributed by atoms with Gasteiger partial charge < -0.3 is 19.9 Å². The van der Waals surface area contributed by atoms with Gasteiger partial charge in [-0.05, 0) is 55.5 Å². The number of carbonyl (C=O) groups excluding carboxylic acids is 2. The van der Waals surface area contributed by atoms with E-state index in [1.165, 1.54) is 11.8 Å². The molecule has 0 bridgehead atoms. The summed E-state index contributed by atoms with van der Waals surface area (Å²) in [7, 11) is 0. The fourth-order valence-electron chi connectivity index (χ4n) is 3.09. The van der Waals surface area contributed by atoms with Crippen molar-refractivity contribution in [3.05, 3.63) is 53.6 Å². The molecule has 1 fully saturated rings. The zero-order valence-electron chi connectivity index (χ0n) is 17.0. The van der Waals surface area contributed by atoms with Gasteiger partial charge in [-0.2, -0.15) is 0 Å². The SMILES string of the molecule is CCN(CC(=O)Nc1ccc(N2CCOCC2)cc1)C(=O)CSc1ccc(Cl)cc1. The van der Waals surface area contributed by atoms with E-state index in [0.717, 1.165) is 42.6 Å². The maximum atomic E-state index is 12.5. The summed E-state index contributed by atoms with van der Waals surface area (Å²) in [6, 6.07) is 15.1. The number of benzene rings is 2. The predicted octanol–water partition coefficient (Wildman–Crippen LogP) is 3.76. The standard InChI is InChI=1S/C22H26ClN3O3S/c1-2-25(22(28)16-30-20-9-3-17(23)4-10-20)15-21(27)24-18-5-7-19(8-6-18)26-11-13-29-14-12-26/h3-10H,2,11-16H2,1H3,(H,24,27). The molecule has 160 valence electrons. The van der Waals surface area contributed by atoms with Crippen LogP contribution in [0.1, 0.15) is 6.92 Å². The lowest BCUT2D eigenvalue weighted by Gasteiger charge is -2.29. The van der Waals surface area contributed by atoms with Crippen molar-refractivity contribution in [2.24, 2.45) is 0 Å². The molecule has 1 aliphatic rings. The molecule has 1 heterocycles. The van der Waals surface area contributed by atoms with Crippen LogP contribution in [0.5, 0.6) is 0 Å². The van der Waals surface area contributed by atoms with Gasteiger partial charge in [-0.1, -0.05) is 11.6 Å². The average Bonchev–Trinajstić information content (AvgIpc) is 2.78. The van der Waals surface area contributed by atoms with Crippen molar-refractivity contribution < 1.29 is 14.3 Å². The molecule has 8 heteroatoms. The Bertz CT molecular complexity index is 840. The van der Waals surface area contributed by atoms with E-state index in [0.29, 0.717) is 11.6 Å². The number of rotatable bonds is 8. The number of halogens is 1. The minimum absolute atomic E-state index is 0.0295. The number of morpholine rings is 1. The summed E-state index contributed by atoms with van der Waals surface area (Å²) < 4.78 is 5.37. The van der Waals surface area contributed by atoms with E-state index in [4.69, 9.17) is 16.3 Å². The highest BCUT2D eigenvalue weighted by molar-refractivity contribution is 8.00. The van der Waals surface area contributed by atoms with Crippen molar-refractivity contribution in [1.82, 2.24) is 4.90 Å². The Morgan fingerprint density at radius 2 is 1.77 bits per heavy atom. The number of anilines is 2. The van der Waals surface area contributed by atoms with Crippen LogP contribution in [0.2, 0.25) is 5.02 Å². The molecule has 2 aromatic carbocycles. The number of hydrogen-bond acceptors (Lipinski definition) is 5. The van der Waals surface area contributed by atoms with Crippen LogP contribution in [0, 0.1) is 0 Å². The Balaban J connectivity index is 1.48. The number of carbonyl (C=O) groups is 2. The van der Waals surface area contributed by atoms with E-state index in [-0.39, 0.29) is 24.1 Å². The number of nitrogens with one attached hydrogen (secondary N) is 1. The van der Waals surface area contributed by atoms with Crippen molar-refractivity contribution in [3.63, 3.8) is 0 Å². The monoisotopic (exact) mass is 447 g/mol. The van der Waals surface area contributed by atoms with Crippen molar-refractivity contribution in [1.29, 1.82) is 0 Å². The first-order valence-corrected chi connectivity index (χ1v) is 11.3. The van der Waals surface area contributed by atoms with Gasteiger partial charge in [0.05, 0.1) is 25.5 Å². The number of amides is 2. The lowest BCUT2D eigenvalue weighted by molar-refractivity contribution is -0.132. The first-order chi connectivity index (χ1) is 14.5. The van der Waals surface area contributed by atoms with Gasteiger partial charge >= 0.3 is 0 Å². The molecule has 0 atom stereocenters. The van der Waals surface area contributed by atoms with Crippen molar-refractivity contribution >= 4 is 46.6 Å². The summed E-state index contributed by atoms with van der Waals surface area (Å²) >= 11 is 7.31. The second kappa shape index (κ2) is 11.2. The van der Waals surface area contributed by atoms with Gasteiger partial charge in [0, 0.05) is 40.9 Å². The fraction of sp³-hybridized carbons (Fsp3) is 0.364. The quantitative estimate of drug-likeness (QED) is 0.624. The van der Waals surface area contributed by atoms with E-state index in [9.17, 15) is 9.59 Å². The average molecular weight is 448 g/mol. The lowest BCUT2D eigenvalue weighted by atomic mass is 10.2. The highest BCUT2D eigenvalue weighted by Crippen LogP contribution is 2.21. The molecule has 1 saturated heterocycles. The third kappa shape index (κ3) is 6.65. The lowest BCUT2D eigenvalue weighted by Crippen LogP contribution is -2.38. The molecule has 0 radical (unpaired) electrons. The van der Waals surface area contributed by atoms with Crippen LogP contribution >= 0.6 is 23.4 Å². The summed E-state index contributed by atoms with van der Waals surface area (Å²) in [5.41, 5.74) is 1.83. The molecule has 6 nitrogen and oxygen atoms in total. The maximum Gasteiger partial charge on any atom is 0.243 e. The fourth-order valence-corrected chi connectivity index (χ4v) is 4.02. The van der Waals surface area contributed by atoms with E-state index in [1.807, 2.05) is 43.3 Å². The van der Waals surface area contributed by atoms with Gasteiger partial charge in [-0.25, -0.2) is 0 Å². The molecule has 0 unspecified atom stereocenters. The summed E-state index contributed by atoms with van der Waals surface area (Å²) in [6.07, 6.45) is 0. The Hall–Kier alpha value is -2.22. The van der Waals surface area contributed by atoms with Gasteiger partial charge in [0.2, 0.25) is 11.8 Å². The number of hydrogen-bond donors (Lipinski definition) is 1. The zero-order chi connectivity index (χ0) is 21.3. The van der Waals surface area contributed by atoms with Crippen LogP contribution in [0.15, 0.2) is 53.4 Å². The first-order valence-electron chi connectivity index (χ1n) is 9.94. The predicted molar refractivity (Wildman–Crippen MR) is 123 cm³/mol. The molecule has 0 aromatic heterocycles. The molecule has 0 aliphatic carbocycles. The van der Waals surface area contributed by atoms with Gasteiger partial charge in [0.25, 0.3) is 0 Å². The highest BCUT2D eigenvalue weighted by atomic mass is 35.5. The Morgan fingerprint density at radius 1 is 1.10 bits per heavy atom. The van der Waals surface area contributed by atoms with Crippen LogP contribution in [0.4, 0.5) is 11.4 Å².